The van der Waals surface area contributed by atoms with Gasteiger partial charge in [-0.05, 0) is 63.0 Å². The Bertz CT molecular complexity index is 1430. The van der Waals surface area contributed by atoms with E-state index in [-0.39, 0.29) is 23.9 Å². The second kappa shape index (κ2) is 12.5. The van der Waals surface area contributed by atoms with Crippen LogP contribution in [-0.4, -0.2) is 69.9 Å². The first kappa shape index (κ1) is 29.9. The number of ether oxygens (including phenoxy) is 1. The standard InChI is InChI=1S/C27H26Cl2N2O8/c1-13(31(2)3)12-39-27(38)17-6-4-14(16-7-5-15(28)9-21(16)29)8-22(17)30-24(33)18-10-20(26(36)37)23(32)11-19(18)25(34)35/h4-11,13,25,32,34-35H,12H2,1-3H3,(H,30,33)(H,36,37). The number of carboxylic acid groups (broad SMARTS) is 1. The minimum Gasteiger partial charge on any atom is -0.507 e. The SMILES string of the molecule is CC(COC(=O)c1ccc(-c2ccc(Cl)cc2Cl)cc1NC(=O)c1cc(C(=O)O)c(O)cc1C(O)O)N(C)C. The summed E-state index contributed by atoms with van der Waals surface area (Å²) in [5, 5.41) is 42.0. The van der Waals surface area contributed by atoms with Crippen LogP contribution in [0, 0.1) is 0 Å². The Labute approximate surface area is 234 Å². The number of esters is 1. The van der Waals surface area contributed by atoms with Crippen molar-refractivity contribution in [2.45, 2.75) is 19.3 Å². The third-order valence-corrected chi connectivity index (χ3v) is 6.54. The predicted octanol–water partition coefficient (Wildman–Crippen LogP) is 4.41. The molecule has 0 saturated carbocycles. The summed E-state index contributed by atoms with van der Waals surface area (Å²) in [5.41, 5.74) is -0.526. The minimum atomic E-state index is -2.21. The fourth-order valence-corrected chi connectivity index (χ4v) is 4.03. The summed E-state index contributed by atoms with van der Waals surface area (Å²) < 4.78 is 5.43. The zero-order valence-electron chi connectivity index (χ0n) is 21.1. The first-order chi connectivity index (χ1) is 18.3. The van der Waals surface area contributed by atoms with E-state index in [0.29, 0.717) is 21.2 Å². The first-order valence-electron chi connectivity index (χ1n) is 11.5. The molecule has 0 saturated heterocycles. The summed E-state index contributed by atoms with van der Waals surface area (Å²) in [6.07, 6.45) is -2.21. The van der Waals surface area contributed by atoms with Crippen molar-refractivity contribution in [1.82, 2.24) is 4.90 Å². The van der Waals surface area contributed by atoms with E-state index in [1.807, 2.05) is 25.9 Å². The van der Waals surface area contributed by atoms with Crippen LogP contribution in [-0.2, 0) is 4.74 Å². The molecule has 1 unspecified atom stereocenters. The van der Waals surface area contributed by atoms with Crippen LogP contribution in [0.1, 0.15) is 49.9 Å². The first-order valence-corrected chi connectivity index (χ1v) is 12.3. The summed E-state index contributed by atoms with van der Waals surface area (Å²) >= 11 is 12.4. The van der Waals surface area contributed by atoms with Gasteiger partial charge in [0.1, 0.15) is 17.9 Å². The maximum atomic E-state index is 13.3. The highest BCUT2D eigenvalue weighted by atomic mass is 35.5. The number of aliphatic hydroxyl groups excluding tert-OH is 1. The molecule has 0 radical (unpaired) electrons. The van der Waals surface area contributed by atoms with Gasteiger partial charge < -0.3 is 35.4 Å². The lowest BCUT2D eigenvalue weighted by Crippen LogP contribution is -2.30. The Morgan fingerprint density at radius 2 is 1.67 bits per heavy atom. The van der Waals surface area contributed by atoms with Gasteiger partial charge in [-0.1, -0.05) is 35.3 Å². The van der Waals surface area contributed by atoms with E-state index in [1.165, 1.54) is 18.2 Å². The molecule has 1 atom stereocenters. The molecule has 0 fully saturated rings. The quantitative estimate of drug-likeness (QED) is 0.184. The van der Waals surface area contributed by atoms with E-state index in [9.17, 15) is 34.8 Å². The summed E-state index contributed by atoms with van der Waals surface area (Å²) in [6, 6.07) is 10.8. The fourth-order valence-electron chi connectivity index (χ4n) is 3.52. The Morgan fingerprint density at radius 3 is 2.26 bits per heavy atom. The van der Waals surface area contributed by atoms with Gasteiger partial charge in [0.2, 0.25) is 0 Å². The molecule has 12 heteroatoms. The van der Waals surface area contributed by atoms with Crippen LogP contribution in [0.3, 0.4) is 0 Å². The molecule has 0 bridgehead atoms. The normalized spacial score (nSPS) is 11.9. The lowest BCUT2D eigenvalue weighted by molar-refractivity contribution is -0.0430. The van der Waals surface area contributed by atoms with Crippen molar-refractivity contribution < 1.29 is 39.5 Å². The van der Waals surface area contributed by atoms with Gasteiger partial charge in [-0.3, -0.25) is 4.79 Å². The second-order valence-electron chi connectivity index (χ2n) is 8.89. The maximum absolute atomic E-state index is 13.3. The van der Waals surface area contributed by atoms with E-state index in [1.54, 1.807) is 18.2 Å². The molecule has 0 heterocycles. The summed E-state index contributed by atoms with van der Waals surface area (Å²) in [5.74, 6) is -4.03. The number of aromatic carboxylic acids is 1. The maximum Gasteiger partial charge on any atom is 0.340 e. The summed E-state index contributed by atoms with van der Waals surface area (Å²) in [7, 11) is 3.65. The molecule has 0 aliphatic heterocycles. The van der Waals surface area contributed by atoms with Crippen LogP contribution in [0.25, 0.3) is 11.1 Å². The van der Waals surface area contributed by atoms with Gasteiger partial charge in [-0.25, -0.2) is 9.59 Å². The predicted molar refractivity (Wildman–Crippen MR) is 146 cm³/mol. The zero-order chi connectivity index (χ0) is 29.0. The molecular weight excluding hydrogens is 551 g/mol. The van der Waals surface area contributed by atoms with Crippen molar-refractivity contribution in [3.63, 3.8) is 0 Å². The van der Waals surface area contributed by atoms with Gasteiger partial charge in [-0.15, -0.1) is 0 Å². The van der Waals surface area contributed by atoms with E-state index in [4.69, 9.17) is 27.9 Å². The number of aromatic hydroxyl groups is 1. The van der Waals surface area contributed by atoms with E-state index < -0.39 is 46.6 Å². The van der Waals surface area contributed by atoms with Gasteiger partial charge in [0, 0.05) is 32.8 Å². The molecule has 0 aliphatic rings. The van der Waals surface area contributed by atoms with Gasteiger partial charge in [0.05, 0.1) is 11.3 Å². The van der Waals surface area contributed by atoms with E-state index >= 15 is 0 Å². The molecule has 3 aromatic carbocycles. The van der Waals surface area contributed by atoms with Crippen LogP contribution >= 0.6 is 23.2 Å². The second-order valence-corrected chi connectivity index (χ2v) is 9.73. The topological polar surface area (TPSA) is 157 Å². The average molecular weight is 577 g/mol. The molecule has 3 rings (SSSR count). The Hall–Kier alpha value is -3.67. The molecule has 3 aromatic rings. The Kier molecular flexibility index (Phi) is 9.54. The van der Waals surface area contributed by atoms with Crippen molar-refractivity contribution in [1.29, 1.82) is 0 Å². The summed E-state index contributed by atoms with van der Waals surface area (Å²) in [4.78, 5) is 39.7. The molecule has 0 spiro atoms. The van der Waals surface area contributed by atoms with Crippen molar-refractivity contribution in [3.05, 3.63) is 80.8 Å². The number of hydrogen-bond donors (Lipinski definition) is 5. The number of carboxylic acids is 1. The Morgan fingerprint density at radius 1 is 0.974 bits per heavy atom. The van der Waals surface area contributed by atoms with Crippen LogP contribution < -0.4 is 5.32 Å². The summed E-state index contributed by atoms with van der Waals surface area (Å²) in [6.45, 7) is 1.92. The molecule has 5 N–H and O–H groups in total. The molecule has 206 valence electrons. The molecule has 39 heavy (non-hydrogen) atoms. The average Bonchev–Trinajstić information content (AvgIpc) is 2.86. The Balaban J connectivity index is 2.09. The molecule has 10 nitrogen and oxygen atoms in total. The highest BCUT2D eigenvalue weighted by molar-refractivity contribution is 6.36. The van der Waals surface area contributed by atoms with Crippen LogP contribution in [0.4, 0.5) is 5.69 Å². The highest BCUT2D eigenvalue weighted by Gasteiger charge is 2.24. The van der Waals surface area contributed by atoms with Crippen LogP contribution in [0.5, 0.6) is 5.75 Å². The number of carbonyl (C=O) groups is 3. The number of anilines is 1. The van der Waals surface area contributed by atoms with E-state index in [2.05, 4.69) is 5.32 Å². The van der Waals surface area contributed by atoms with Gasteiger partial charge in [0.25, 0.3) is 5.91 Å². The van der Waals surface area contributed by atoms with Crippen molar-refractivity contribution in [2.24, 2.45) is 0 Å². The number of nitrogens with zero attached hydrogens (tertiary/aromatic N) is 1. The number of nitrogens with one attached hydrogen (secondary N) is 1. The highest BCUT2D eigenvalue weighted by Crippen LogP contribution is 2.34. The number of aliphatic hydroxyl groups is 2. The fraction of sp³-hybridized carbons (Fsp3) is 0.222. The number of phenols is 1. The third kappa shape index (κ3) is 7.05. The van der Waals surface area contributed by atoms with Crippen LogP contribution in [0.2, 0.25) is 10.0 Å². The number of rotatable bonds is 9. The van der Waals surface area contributed by atoms with Gasteiger partial charge >= 0.3 is 11.9 Å². The number of likely N-dealkylation sites (N-methyl/N-ethyl adjacent to an activating group) is 1. The van der Waals surface area contributed by atoms with Gasteiger partial charge in [-0.2, -0.15) is 0 Å². The molecule has 1 amide bonds. The third-order valence-electron chi connectivity index (χ3n) is 5.99. The number of amides is 1. The minimum absolute atomic E-state index is 0.0191. The molecule has 0 aromatic heterocycles. The number of halogens is 2. The number of benzene rings is 3. The van der Waals surface area contributed by atoms with Crippen molar-refractivity contribution >= 4 is 46.7 Å². The van der Waals surface area contributed by atoms with Crippen molar-refractivity contribution in [2.75, 3.05) is 26.0 Å². The monoisotopic (exact) mass is 576 g/mol. The smallest absolute Gasteiger partial charge is 0.340 e. The molecule has 0 aliphatic carbocycles. The zero-order valence-corrected chi connectivity index (χ0v) is 22.6. The van der Waals surface area contributed by atoms with Crippen LogP contribution in [0.15, 0.2) is 48.5 Å². The van der Waals surface area contributed by atoms with Gasteiger partial charge in [0.15, 0.2) is 6.29 Å². The van der Waals surface area contributed by atoms with E-state index in [0.717, 1.165) is 12.1 Å². The number of carbonyl (C=O) groups excluding carboxylic acids is 2. The van der Waals surface area contributed by atoms with Crippen molar-refractivity contribution in [3.8, 4) is 16.9 Å². The largest absolute Gasteiger partial charge is 0.507 e. The number of hydrogen-bond acceptors (Lipinski definition) is 8. The molecular formula is C27H26Cl2N2O8. The lowest BCUT2D eigenvalue weighted by atomic mass is 9.99. The lowest BCUT2D eigenvalue weighted by Gasteiger charge is -2.20.